The fourth-order valence-corrected chi connectivity index (χ4v) is 2.25. The molecule has 1 rings (SSSR count). The second-order valence-corrected chi connectivity index (χ2v) is 6.55. The first kappa shape index (κ1) is 15.0. The minimum atomic E-state index is 0.281. The Morgan fingerprint density at radius 3 is 2.24 bits per heavy atom. The fourth-order valence-electron chi connectivity index (χ4n) is 2.25. The maximum Gasteiger partial charge on any atom is 0.0514 e. The maximum atomic E-state index is 5.73. The van der Waals surface area contributed by atoms with Crippen molar-refractivity contribution in [3.05, 3.63) is 0 Å². The van der Waals surface area contributed by atoms with Gasteiger partial charge in [-0.15, -0.1) is 0 Å². The van der Waals surface area contributed by atoms with Gasteiger partial charge in [0.05, 0.1) is 6.61 Å². The molecule has 0 unspecified atom stereocenters. The van der Waals surface area contributed by atoms with E-state index in [-0.39, 0.29) is 5.41 Å². The average molecular weight is 242 g/mol. The molecule has 0 bridgehead atoms. The van der Waals surface area contributed by atoms with Crippen LogP contribution in [0.1, 0.15) is 59.3 Å². The van der Waals surface area contributed by atoms with Gasteiger partial charge in [0.2, 0.25) is 0 Å². The smallest absolute Gasteiger partial charge is 0.0514 e. The highest BCUT2D eigenvalue weighted by molar-refractivity contribution is 4.64. The predicted octanol–water partition coefficient (Wildman–Crippen LogP) is 4.04. The Hall–Kier alpha value is -0.0800. The third-order valence-electron chi connectivity index (χ3n) is 3.19. The predicted molar refractivity (Wildman–Crippen MR) is 72.3 cm³/mol. The van der Waals surface area contributed by atoms with E-state index < -0.39 is 0 Å². The first-order chi connectivity index (χ1) is 8.08. The van der Waals surface area contributed by atoms with Crippen LogP contribution in [0.4, 0.5) is 0 Å². The molecule has 2 nitrogen and oxygen atoms in total. The SMILES string of the molecule is CC(C)(C)COCCCOCC1CCCCC1. The largest absolute Gasteiger partial charge is 0.381 e. The topological polar surface area (TPSA) is 18.5 Å². The summed E-state index contributed by atoms with van der Waals surface area (Å²) in [6, 6.07) is 0. The molecule has 0 aliphatic heterocycles. The van der Waals surface area contributed by atoms with Crippen LogP contribution in [0.25, 0.3) is 0 Å². The number of hydrogen-bond donors (Lipinski definition) is 0. The van der Waals surface area contributed by atoms with Crippen LogP contribution in [0.3, 0.4) is 0 Å². The third kappa shape index (κ3) is 8.62. The van der Waals surface area contributed by atoms with Gasteiger partial charge in [0.25, 0.3) is 0 Å². The van der Waals surface area contributed by atoms with Crippen molar-refractivity contribution in [2.75, 3.05) is 26.4 Å². The lowest BCUT2D eigenvalue weighted by Gasteiger charge is -2.21. The summed E-state index contributed by atoms with van der Waals surface area (Å²) in [5.41, 5.74) is 0.281. The van der Waals surface area contributed by atoms with Crippen molar-refractivity contribution in [3.8, 4) is 0 Å². The van der Waals surface area contributed by atoms with E-state index in [2.05, 4.69) is 20.8 Å². The van der Waals surface area contributed by atoms with Crippen LogP contribution in [-0.2, 0) is 9.47 Å². The molecule has 0 radical (unpaired) electrons. The van der Waals surface area contributed by atoms with E-state index in [0.29, 0.717) is 0 Å². The lowest BCUT2D eigenvalue weighted by atomic mass is 9.90. The van der Waals surface area contributed by atoms with Gasteiger partial charge in [0.1, 0.15) is 0 Å². The van der Waals surface area contributed by atoms with Gasteiger partial charge in [-0.1, -0.05) is 40.0 Å². The zero-order chi connectivity index (χ0) is 12.6. The molecule has 0 aromatic rings. The van der Waals surface area contributed by atoms with Crippen molar-refractivity contribution in [2.45, 2.75) is 59.3 Å². The van der Waals surface area contributed by atoms with E-state index in [0.717, 1.165) is 38.8 Å². The maximum absolute atomic E-state index is 5.73. The first-order valence-electron chi connectivity index (χ1n) is 7.23. The molecule has 0 saturated heterocycles. The molecule has 0 amide bonds. The summed E-state index contributed by atoms with van der Waals surface area (Å²) in [7, 11) is 0. The van der Waals surface area contributed by atoms with Crippen LogP contribution >= 0.6 is 0 Å². The molecule has 0 aromatic carbocycles. The van der Waals surface area contributed by atoms with Gasteiger partial charge < -0.3 is 9.47 Å². The monoisotopic (exact) mass is 242 g/mol. The zero-order valence-electron chi connectivity index (χ0n) is 12.0. The summed E-state index contributed by atoms with van der Waals surface area (Å²) in [5, 5.41) is 0. The molecule has 17 heavy (non-hydrogen) atoms. The summed E-state index contributed by atoms with van der Waals surface area (Å²) in [5.74, 6) is 0.833. The summed E-state index contributed by atoms with van der Waals surface area (Å²) in [4.78, 5) is 0. The Morgan fingerprint density at radius 1 is 0.941 bits per heavy atom. The molecule has 1 fully saturated rings. The summed E-state index contributed by atoms with van der Waals surface area (Å²) in [6.07, 6.45) is 8.02. The lowest BCUT2D eigenvalue weighted by molar-refractivity contribution is 0.0374. The van der Waals surface area contributed by atoms with Gasteiger partial charge in [-0.05, 0) is 30.6 Å². The highest BCUT2D eigenvalue weighted by Gasteiger charge is 2.13. The first-order valence-corrected chi connectivity index (χ1v) is 7.23. The van der Waals surface area contributed by atoms with E-state index in [1.807, 2.05) is 0 Å². The second kappa shape index (κ2) is 8.10. The third-order valence-corrected chi connectivity index (χ3v) is 3.19. The van der Waals surface area contributed by atoms with Crippen LogP contribution in [0, 0.1) is 11.3 Å². The molecule has 0 heterocycles. The van der Waals surface area contributed by atoms with Crippen molar-refractivity contribution in [1.82, 2.24) is 0 Å². The van der Waals surface area contributed by atoms with Crippen molar-refractivity contribution >= 4 is 0 Å². The molecule has 0 spiro atoms. The minimum Gasteiger partial charge on any atom is -0.381 e. The summed E-state index contributed by atoms with van der Waals surface area (Å²) >= 11 is 0. The Bertz CT molecular complexity index is 178. The van der Waals surface area contributed by atoms with E-state index in [1.165, 1.54) is 32.1 Å². The van der Waals surface area contributed by atoms with Crippen LogP contribution < -0.4 is 0 Å². The van der Waals surface area contributed by atoms with Gasteiger partial charge in [-0.2, -0.15) is 0 Å². The fraction of sp³-hybridized carbons (Fsp3) is 1.00. The number of hydrogen-bond acceptors (Lipinski definition) is 2. The standard InChI is InChI=1S/C15H30O2/c1-15(2,3)13-17-11-7-10-16-12-14-8-5-4-6-9-14/h14H,4-13H2,1-3H3. The summed E-state index contributed by atoms with van der Waals surface area (Å²) in [6.45, 7) is 10.1. The number of ether oxygens (including phenoxy) is 2. The van der Waals surface area contributed by atoms with E-state index in [4.69, 9.17) is 9.47 Å². The van der Waals surface area contributed by atoms with Crippen LogP contribution in [0.5, 0.6) is 0 Å². The van der Waals surface area contributed by atoms with E-state index in [1.54, 1.807) is 0 Å². The van der Waals surface area contributed by atoms with Gasteiger partial charge in [-0.25, -0.2) is 0 Å². The molecule has 2 heteroatoms. The second-order valence-electron chi connectivity index (χ2n) is 6.55. The normalized spacial score (nSPS) is 18.5. The van der Waals surface area contributed by atoms with Crippen molar-refractivity contribution in [1.29, 1.82) is 0 Å². The molecule has 102 valence electrons. The molecular formula is C15H30O2. The van der Waals surface area contributed by atoms with Gasteiger partial charge in [0, 0.05) is 19.8 Å². The lowest BCUT2D eigenvalue weighted by Crippen LogP contribution is -2.17. The number of rotatable bonds is 7. The Kier molecular flexibility index (Phi) is 7.14. The van der Waals surface area contributed by atoms with Gasteiger partial charge >= 0.3 is 0 Å². The molecule has 1 aliphatic rings. The van der Waals surface area contributed by atoms with Crippen molar-refractivity contribution < 1.29 is 9.47 Å². The zero-order valence-corrected chi connectivity index (χ0v) is 12.0. The van der Waals surface area contributed by atoms with Gasteiger partial charge in [0.15, 0.2) is 0 Å². The quantitative estimate of drug-likeness (QED) is 0.627. The minimum absolute atomic E-state index is 0.281. The molecule has 1 saturated carbocycles. The molecule has 1 aliphatic carbocycles. The van der Waals surface area contributed by atoms with Crippen LogP contribution in [0.15, 0.2) is 0 Å². The molecular weight excluding hydrogens is 212 g/mol. The Labute approximate surface area is 107 Å². The molecule has 0 atom stereocenters. The van der Waals surface area contributed by atoms with Crippen molar-refractivity contribution in [3.63, 3.8) is 0 Å². The van der Waals surface area contributed by atoms with E-state index in [9.17, 15) is 0 Å². The highest BCUT2D eigenvalue weighted by Crippen LogP contribution is 2.23. The Morgan fingerprint density at radius 2 is 1.59 bits per heavy atom. The van der Waals surface area contributed by atoms with Crippen LogP contribution in [-0.4, -0.2) is 26.4 Å². The highest BCUT2D eigenvalue weighted by atomic mass is 16.5. The molecule has 0 aromatic heterocycles. The van der Waals surface area contributed by atoms with Crippen molar-refractivity contribution in [2.24, 2.45) is 11.3 Å². The Balaban J connectivity index is 1.84. The molecule has 0 N–H and O–H groups in total. The van der Waals surface area contributed by atoms with Gasteiger partial charge in [-0.3, -0.25) is 0 Å². The van der Waals surface area contributed by atoms with E-state index >= 15 is 0 Å². The summed E-state index contributed by atoms with van der Waals surface area (Å²) < 4.78 is 11.3. The average Bonchev–Trinajstić information content (AvgIpc) is 2.28. The van der Waals surface area contributed by atoms with Crippen LogP contribution in [0.2, 0.25) is 0 Å².